The van der Waals surface area contributed by atoms with Gasteiger partial charge >= 0.3 is 0 Å². The topological polar surface area (TPSA) is 75.3 Å². The molecule has 1 amide bonds. The summed E-state index contributed by atoms with van der Waals surface area (Å²) in [5.74, 6) is -0.775. The summed E-state index contributed by atoms with van der Waals surface area (Å²) in [5, 5.41) is 2.63. The van der Waals surface area contributed by atoms with E-state index >= 15 is 0 Å². The molecule has 2 aromatic carbocycles. The molecule has 0 unspecified atom stereocenters. The van der Waals surface area contributed by atoms with E-state index in [0.717, 1.165) is 11.1 Å². The minimum absolute atomic E-state index is 0.0696. The van der Waals surface area contributed by atoms with Crippen molar-refractivity contribution >= 4 is 15.9 Å². The molecule has 0 bridgehead atoms. The normalized spacial score (nSPS) is 11.2. The summed E-state index contributed by atoms with van der Waals surface area (Å²) in [6.45, 7) is 0.0662. The molecule has 0 aliphatic rings. The van der Waals surface area contributed by atoms with E-state index in [1.165, 1.54) is 12.1 Å². The summed E-state index contributed by atoms with van der Waals surface area (Å²) in [6.07, 6.45) is 0.940. The number of carbonyl (C=O) groups excluding carboxylic acids is 1. The number of aryl methyl sites for hydroxylation is 1. The van der Waals surface area contributed by atoms with Crippen LogP contribution in [-0.4, -0.2) is 33.2 Å². The Hall–Kier alpha value is -2.25. The Bertz CT molecular complexity index is 778. The zero-order valence-corrected chi connectivity index (χ0v) is 14.6. The average Bonchev–Trinajstić information content (AvgIpc) is 2.61. The Morgan fingerprint density at radius 2 is 1.56 bits per heavy atom. The van der Waals surface area contributed by atoms with Crippen molar-refractivity contribution in [2.24, 2.45) is 0 Å². The summed E-state index contributed by atoms with van der Waals surface area (Å²) in [4.78, 5) is 11.7. The van der Waals surface area contributed by atoms with E-state index in [4.69, 9.17) is 0 Å². The third kappa shape index (κ3) is 7.45. The van der Waals surface area contributed by atoms with Gasteiger partial charge in [0, 0.05) is 6.54 Å². The summed E-state index contributed by atoms with van der Waals surface area (Å²) >= 11 is 0. The predicted octanol–water partition coefficient (Wildman–Crippen LogP) is 1.65. The monoisotopic (exact) mass is 364 g/mol. The number of hydrogen-bond donors (Lipinski definition) is 2. The van der Waals surface area contributed by atoms with Crippen molar-refractivity contribution < 1.29 is 17.6 Å². The van der Waals surface area contributed by atoms with Crippen molar-refractivity contribution in [1.29, 1.82) is 0 Å². The van der Waals surface area contributed by atoms with Crippen LogP contribution in [0.3, 0.4) is 0 Å². The van der Waals surface area contributed by atoms with Gasteiger partial charge in [-0.05, 0) is 36.1 Å². The standard InChI is InChI=1S/C18H21FN2O3S/c19-17-8-6-16(7-9-17)10-12-20-18(22)14-21-25(23,24)13-11-15-4-2-1-3-5-15/h1-9,21H,10-14H2,(H,20,22). The Morgan fingerprint density at radius 1 is 0.920 bits per heavy atom. The second-order valence-corrected chi connectivity index (χ2v) is 7.53. The Labute approximate surface area is 147 Å². The van der Waals surface area contributed by atoms with Crippen molar-refractivity contribution in [2.45, 2.75) is 12.8 Å². The minimum atomic E-state index is -3.51. The van der Waals surface area contributed by atoms with Gasteiger partial charge in [-0.15, -0.1) is 0 Å². The third-order valence-corrected chi connectivity index (χ3v) is 4.93. The highest BCUT2D eigenvalue weighted by molar-refractivity contribution is 7.89. The van der Waals surface area contributed by atoms with Crippen molar-refractivity contribution in [3.63, 3.8) is 0 Å². The predicted molar refractivity (Wildman–Crippen MR) is 95.0 cm³/mol. The molecule has 7 heteroatoms. The fourth-order valence-corrected chi connectivity index (χ4v) is 3.20. The maximum atomic E-state index is 12.8. The van der Waals surface area contributed by atoms with Crippen LogP contribution in [0.1, 0.15) is 11.1 Å². The second kappa shape index (κ2) is 9.29. The maximum Gasteiger partial charge on any atom is 0.235 e. The average molecular weight is 364 g/mol. The lowest BCUT2D eigenvalue weighted by atomic mass is 10.1. The van der Waals surface area contributed by atoms with Crippen LogP contribution >= 0.6 is 0 Å². The van der Waals surface area contributed by atoms with Gasteiger partial charge < -0.3 is 5.32 Å². The molecule has 0 aromatic heterocycles. The molecule has 0 saturated carbocycles. The minimum Gasteiger partial charge on any atom is -0.355 e. The van der Waals surface area contributed by atoms with Gasteiger partial charge in [-0.25, -0.2) is 17.5 Å². The van der Waals surface area contributed by atoms with Gasteiger partial charge in [0.15, 0.2) is 0 Å². The van der Waals surface area contributed by atoms with E-state index in [1.54, 1.807) is 12.1 Å². The molecule has 0 radical (unpaired) electrons. The molecule has 2 rings (SSSR count). The molecule has 2 aromatic rings. The van der Waals surface area contributed by atoms with Crippen LogP contribution in [0.4, 0.5) is 4.39 Å². The summed E-state index contributed by atoms with van der Waals surface area (Å²) < 4.78 is 38.9. The molecule has 0 heterocycles. The molecule has 134 valence electrons. The van der Waals surface area contributed by atoms with E-state index in [1.807, 2.05) is 30.3 Å². The molecule has 25 heavy (non-hydrogen) atoms. The van der Waals surface area contributed by atoms with Crippen molar-refractivity contribution in [2.75, 3.05) is 18.8 Å². The first-order valence-electron chi connectivity index (χ1n) is 7.97. The maximum absolute atomic E-state index is 12.8. The number of amides is 1. The van der Waals surface area contributed by atoms with E-state index in [9.17, 15) is 17.6 Å². The van der Waals surface area contributed by atoms with Crippen molar-refractivity contribution in [3.8, 4) is 0 Å². The first-order valence-corrected chi connectivity index (χ1v) is 9.62. The molecular formula is C18H21FN2O3S. The molecule has 0 fully saturated rings. The Balaban J connectivity index is 1.67. The summed E-state index contributed by atoms with van der Waals surface area (Å²) in [5.41, 5.74) is 1.82. The molecular weight excluding hydrogens is 343 g/mol. The summed E-state index contributed by atoms with van der Waals surface area (Å²) in [6, 6.07) is 15.3. The number of rotatable bonds is 9. The van der Waals surface area contributed by atoms with E-state index < -0.39 is 15.9 Å². The zero-order chi connectivity index (χ0) is 18.1. The first kappa shape index (κ1) is 19.1. The Morgan fingerprint density at radius 3 is 2.24 bits per heavy atom. The number of benzene rings is 2. The van der Waals surface area contributed by atoms with Crippen molar-refractivity contribution in [1.82, 2.24) is 10.0 Å². The lowest BCUT2D eigenvalue weighted by Gasteiger charge is -2.08. The quantitative estimate of drug-likeness (QED) is 0.710. The van der Waals surface area contributed by atoms with Gasteiger partial charge in [0.25, 0.3) is 0 Å². The first-order chi connectivity index (χ1) is 11.9. The molecule has 0 saturated heterocycles. The van der Waals surface area contributed by atoms with Crippen LogP contribution in [0.25, 0.3) is 0 Å². The highest BCUT2D eigenvalue weighted by Crippen LogP contribution is 2.03. The van der Waals surface area contributed by atoms with Crippen LogP contribution < -0.4 is 10.0 Å². The third-order valence-electron chi connectivity index (χ3n) is 3.60. The number of halogens is 1. The van der Waals surface area contributed by atoms with Crippen molar-refractivity contribution in [3.05, 3.63) is 71.5 Å². The molecule has 0 aliphatic heterocycles. The summed E-state index contributed by atoms with van der Waals surface area (Å²) in [7, 11) is -3.51. The molecule has 0 spiro atoms. The molecule has 0 aliphatic carbocycles. The smallest absolute Gasteiger partial charge is 0.235 e. The number of hydrogen-bond acceptors (Lipinski definition) is 3. The van der Waals surface area contributed by atoms with Crippen LogP contribution in [0, 0.1) is 5.82 Å². The Kier molecular flexibility index (Phi) is 7.09. The van der Waals surface area contributed by atoms with Gasteiger partial charge in [0.2, 0.25) is 15.9 Å². The lowest BCUT2D eigenvalue weighted by molar-refractivity contribution is -0.119. The van der Waals surface area contributed by atoms with Crippen LogP contribution in [-0.2, 0) is 27.7 Å². The molecule has 0 atom stereocenters. The van der Waals surface area contributed by atoms with E-state index in [0.29, 0.717) is 19.4 Å². The highest BCUT2D eigenvalue weighted by Gasteiger charge is 2.12. The fourth-order valence-electron chi connectivity index (χ4n) is 2.20. The van der Waals surface area contributed by atoms with E-state index in [-0.39, 0.29) is 18.1 Å². The fraction of sp³-hybridized carbons (Fsp3) is 0.278. The lowest BCUT2D eigenvalue weighted by Crippen LogP contribution is -2.38. The van der Waals surface area contributed by atoms with Gasteiger partial charge in [0.1, 0.15) is 5.82 Å². The van der Waals surface area contributed by atoms with E-state index in [2.05, 4.69) is 10.0 Å². The SMILES string of the molecule is O=C(CNS(=O)(=O)CCc1ccccc1)NCCc1ccc(F)cc1. The molecule has 2 N–H and O–H groups in total. The largest absolute Gasteiger partial charge is 0.355 e. The zero-order valence-electron chi connectivity index (χ0n) is 13.7. The van der Waals surface area contributed by atoms with Gasteiger partial charge in [-0.1, -0.05) is 42.5 Å². The second-order valence-electron chi connectivity index (χ2n) is 5.60. The van der Waals surface area contributed by atoms with Gasteiger partial charge in [0.05, 0.1) is 12.3 Å². The highest BCUT2D eigenvalue weighted by atomic mass is 32.2. The number of nitrogens with one attached hydrogen (secondary N) is 2. The van der Waals surface area contributed by atoms with Gasteiger partial charge in [-0.2, -0.15) is 0 Å². The number of sulfonamides is 1. The van der Waals surface area contributed by atoms with Crippen LogP contribution in [0.5, 0.6) is 0 Å². The molecule has 5 nitrogen and oxygen atoms in total. The van der Waals surface area contributed by atoms with Crippen LogP contribution in [0.2, 0.25) is 0 Å². The van der Waals surface area contributed by atoms with Crippen LogP contribution in [0.15, 0.2) is 54.6 Å². The number of carbonyl (C=O) groups is 1. The van der Waals surface area contributed by atoms with Gasteiger partial charge in [-0.3, -0.25) is 4.79 Å².